The first-order valence-electron chi connectivity index (χ1n) is 5.26. The third kappa shape index (κ3) is 2.93. The Morgan fingerprint density at radius 1 is 1.54 bits per heavy atom. The fraction of sp³-hybridized carbons (Fsp3) is 1.00. The molecule has 2 unspecified atom stereocenters. The van der Waals surface area contributed by atoms with Crippen molar-refractivity contribution in [1.29, 1.82) is 0 Å². The van der Waals surface area contributed by atoms with Gasteiger partial charge in [-0.25, -0.2) is 0 Å². The Morgan fingerprint density at radius 3 is 2.77 bits per heavy atom. The summed E-state index contributed by atoms with van der Waals surface area (Å²) in [6.07, 6.45) is 1.23. The highest BCUT2D eigenvalue weighted by Crippen LogP contribution is 2.11. The summed E-state index contributed by atoms with van der Waals surface area (Å²) in [7, 11) is 0. The zero-order valence-corrected chi connectivity index (χ0v) is 8.99. The van der Waals surface area contributed by atoms with Gasteiger partial charge in [0.05, 0.1) is 12.7 Å². The molecule has 1 saturated heterocycles. The second-order valence-electron chi connectivity index (χ2n) is 4.07. The molecule has 0 spiro atoms. The summed E-state index contributed by atoms with van der Waals surface area (Å²) in [6.45, 7) is 9.43. The van der Waals surface area contributed by atoms with Crippen LogP contribution in [0.2, 0.25) is 0 Å². The van der Waals surface area contributed by atoms with Gasteiger partial charge in [-0.2, -0.15) is 0 Å². The van der Waals surface area contributed by atoms with Gasteiger partial charge < -0.3 is 10.5 Å². The van der Waals surface area contributed by atoms with Gasteiger partial charge in [-0.3, -0.25) is 4.90 Å². The molecule has 0 aliphatic carbocycles. The molecule has 1 rings (SSSR count). The van der Waals surface area contributed by atoms with Crippen molar-refractivity contribution in [2.24, 2.45) is 5.73 Å². The number of morpholine rings is 1. The van der Waals surface area contributed by atoms with Gasteiger partial charge in [-0.1, -0.05) is 6.92 Å². The van der Waals surface area contributed by atoms with Gasteiger partial charge in [-0.05, 0) is 20.3 Å². The molecular formula is C10H22N2O. The Labute approximate surface area is 81.2 Å². The quantitative estimate of drug-likeness (QED) is 0.709. The van der Waals surface area contributed by atoms with E-state index in [0.29, 0.717) is 6.04 Å². The maximum absolute atomic E-state index is 5.96. The smallest absolute Gasteiger partial charge is 0.0853 e. The minimum atomic E-state index is 0.196. The SMILES string of the molecule is CCC(N)C1CN(C(C)C)CCO1. The monoisotopic (exact) mass is 186 g/mol. The van der Waals surface area contributed by atoms with E-state index in [0.717, 1.165) is 26.1 Å². The molecule has 1 aliphatic rings. The first-order valence-corrected chi connectivity index (χ1v) is 5.26. The van der Waals surface area contributed by atoms with Crippen molar-refractivity contribution >= 4 is 0 Å². The lowest BCUT2D eigenvalue weighted by molar-refractivity contribution is -0.0500. The van der Waals surface area contributed by atoms with E-state index in [1.807, 2.05) is 0 Å². The van der Waals surface area contributed by atoms with E-state index in [1.165, 1.54) is 0 Å². The topological polar surface area (TPSA) is 38.5 Å². The molecule has 2 atom stereocenters. The third-order valence-corrected chi connectivity index (χ3v) is 2.80. The normalized spacial score (nSPS) is 27.9. The maximum Gasteiger partial charge on any atom is 0.0853 e. The molecule has 0 aromatic rings. The third-order valence-electron chi connectivity index (χ3n) is 2.80. The minimum Gasteiger partial charge on any atom is -0.374 e. The molecule has 0 saturated carbocycles. The van der Waals surface area contributed by atoms with E-state index in [9.17, 15) is 0 Å². The summed E-state index contributed by atoms with van der Waals surface area (Å²) in [5.41, 5.74) is 5.96. The summed E-state index contributed by atoms with van der Waals surface area (Å²) < 4.78 is 5.64. The average Bonchev–Trinajstić information content (AvgIpc) is 2.17. The number of hydrogen-bond acceptors (Lipinski definition) is 3. The number of rotatable bonds is 3. The van der Waals surface area contributed by atoms with Crippen LogP contribution in [-0.4, -0.2) is 42.8 Å². The van der Waals surface area contributed by atoms with Gasteiger partial charge in [0.25, 0.3) is 0 Å². The largest absolute Gasteiger partial charge is 0.374 e. The molecule has 0 bridgehead atoms. The van der Waals surface area contributed by atoms with Crippen molar-refractivity contribution in [3.05, 3.63) is 0 Å². The molecule has 13 heavy (non-hydrogen) atoms. The zero-order valence-electron chi connectivity index (χ0n) is 8.99. The fourth-order valence-electron chi connectivity index (χ4n) is 1.69. The van der Waals surface area contributed by atoms with Crippen LogP contribution in [-0.2, 0) is 4.74 Å². The molecule has 3 heteroatoms. The first-order chi connectivity index (χ1) is 6.15. The Balaban J connectivity index is 2.41. The number of nitrogens with zero attached hydrogens (tertiary/aromatic N) is 1. The molecule has 0 radical (unpaired) electrons. The molecule has 0 amide bonds. The van der Waals surface area contributed by atoms with Crippen LogP contribution < -0.4 is 5.73 Å². The van der Waals surface area contributed by atoms with E-state index in [1.54, 1.807) is 0 Å². The van der Waals surface area contributed by atoms with Crippen LogP contribution in [0.5, 0.6) is 0 Å². The Kier molecular flexibility index (Phi) is 4.16. The Hall–Kier alpha value is -0.120. The lowest BCUT2D eigenvalue weighted by Crippen LogP contribution is -2.52. The van der Waals surface area contributed by atoms with Crippen molar-refractivity contribution in [2.45, 2.75) is 45.4 Å². The van der Waals surface area contributed by atoms with Crippen LogP contribution in [0.15, 0.2) is 0 Å². The molecular weight excluding hydrogens is 164 g/mol. The first kappa shape index (κ1) is 11.0. The summed E-state index contributed by atoms with van der Waals surface area (Å²) in [5.74, 6) is 0. The highest BCUT2D eigenvalue weighted by Gasteiger charge is 2.25. The van der Waals surface area contributed by atoms with Crippen LogP contribution in [0.25, 0.3) is 0 Å². The molecule has 2 N–H and O–H groups in total. The number of ether oxygens (including phenoxy) is 1. The number of nitrogens with two attached hydrogens (primary N) is 1. The fourth-order valence-corrected chi connectivity index (χ4v) is 1.69. The molecule has 0 aromatic carbocycles. The highest BCUT2D eigenvalue weighted by molar-refractivity contribution is 4.80. The molecule has 1 fully saturated rings. The van der Waals surface area contributed by atoms with Crippen molar-refractivity contribution < 1.29 is 4.74 Å². The second-order valence-corrected chi connectivity index (χ2v) is 4.07. The Bertz CT molecular complexity index is 150. The van der Waals surface area contributed by atoms with Gasteiger partial charge in [0.15, 0.2) is 0 Å². The summed E-state index contributed by atoms with van der Waals surface area (Å²) in [5, 5.41) is 0. The number of hydrogen-bond donors (Lipinski definition) is 1. The molecule has 1 heterocycles. The maximum atomic E-state index is 5.96. The molecule has 3 nitrogen and oxygen atoms in total. The van der Waals surface area contributed by atoms with Crippen LogP contribution in [0.1, 0.15) is 27.2 Å². The minimum absolute atomic E-state index is 0.196. The molecule has 0 aromatic heterocycles. The zero-order chi connectivity index (χ0) is 9.84. The van der Waals surface area contributed by atoms with Gasteiger partial charge in [0.1, 0.15) is 0 Å². The lowest BCUT2D eigenvalue weighted by atomic mass is 10.1. The van der Waals surface area contributed by atoms with Crippen molar-refractivity contribution in [2.75, 3.05) is 19.7 Å². The highest BCUT2D eigenvalue weighted by atomic mass is 16.5. The van der Waals surface area contributed by atoms with E-state index >= 15 is 0 Å². The summed E-state index contributed by atoms with van der Waals surface area (Å²) in [6, 6.07) is 0.803. The van der Waals surface area contributed by atoms with Gasteiger partial charge >= 0.3 is 0 Å². The predicted molar refractivity (Wildman–Crippen MR) is 54.7 cm³/mol. The van der Waals surface area contributed by atoms with Crippen LogP contribution >= 0.6 is 0 Å². The van der Waals surface area contributed by atoms with Crippen molar-refractivity contribution in [1.82, 2.24) is 4.90 Å². The predicted octanol–water partition coefficient (Wildman–Crippen LogP) is 0.833. The molecule has 78 valence electrons. The standard InChI is InChI=1S/C10H22N2O/c1-4-9(11)10-7-12(8(2)3)5-6-13-10/h8-10H,4-7,11H2,1-3H3. The van der Waals surface area contributed by atoms with E-state index in [4.69, 9.17) is 10.5 Å². The van der Waals surface area contributed by atoms with Crippen LogP contribution in [0.3, 0.4) is 0 Å². The van der Waals surface area contributed by atoms with E-state index in [2.05, 4.69) is 25.7 Å². The van der Waals surface area contributed by atoms with Crippen LogP contribution in [0, 0.1) is 0 Å². The van der Waals surface area contributed by atoms with Crippen molar-refractivity contribution in [3.8, 4) is 0 Å². The average molecular weight is 186 g/mol. The van der Waals surface area contributed by atoms with Gasteiger partial charge in [0.2, 0.25) is 0 Å². The summed E-state index contributed by atoms with van der Waals surface area (Å²) in [4.78, 5) is 2.43. The second kappa shape index (κ2) is 4.94. The van der Waals surface area contributed by atoms with Gasteiger partial charge in [0, 0.05) is 25.2 Å². The van der Waals surface area contributed by atoms with E-state index < -0.39 is 0 Å². The van der Waals surface area contributed by atoms with Gasteiger partial charge in [-0.15, -0.1) is 0 Å². The lowest BCUT2D eigenvalue weighted by Gasteiger charge is -2.37. The van der Waals surface area contributed by atoms with Crippen molar-refractivity contribution in [3.63, 3.8) is 0 Å². The Morgan fingerprint density at radius 2 is 2.23 bits per heavy atom. The van der Waals surface area contributed by atoms with Crippen LogP contribution in [0.4, 0.5) is 0 Å². The van der Waals surface area contributed by atoms with E-state index in [-0.39, 0.29) is 12.1 Å². The molecule has 1 aliphatic heterocycles. The summed E-state index contributed by atoms with van der Waals surface area (Å²) >= 11 is 0.